The summed E-state index contributed by atoms with van der Waals surface area (Å²) in [5, 5.41) is 19.3. The van der Waals surface area contributed by atoms with Gasteiger partial charge in [0.15, 0.2) is 0 Å². The van der Waals surface area contributed by atoms with Gasteiger partial charge in [0.25, 0.3) is 0 Å². The Morgan fingerprint density at radius 1 is 1.50 bits per heavy atom. The predicted molar refractivity (Wildman–Crippen MR) is 68.5 cm³/mol. The van der Waals surface area contributed by atoms with Crippen LogP contribution in [0.3, 0.4) is 0 Å². The Morgan fingerprint density at radius 2 is 2.28 bits per heavy atom. The third kappa shape index (κ3) is 2.82. The fraction of sp³-hybridized carbons (Fsp3) is 0.500. The molecule has 0 bridgehead atoms. The molecule has 1 aromatic carbocycles. The summed E-state index contributed by atoms with van der Waals surface area (Å²) in [4.78, 5) is 12.4. The molecule has 2 unspecified atom stereocenters. The van der Waals surface area contributed by atoms with Crippen LogP contribution in [-0.2, 0) is 0 Å². The number of aryl methyl sites for hydroxylation is 1. The highest BCUT2D eigenvalue weighted by molar-refractivity contribution is 5.65. The fourth-order valence-corrected chi connectivity index (χ4v) is 2.57. The van der Waals surface area contributed by atoms with Crippen molar-refractivity contribution in [1.82, 2.24) is 4.90 Å². The average Bonchev–Trinajstić information content (AvgIpc) is 2.38. The van der Waals surface area contributed by atoms with E-state index in [1.807, 2.05) is 31.2 Å². The highest BCUT2D eigenvalue weighted by Crippen LogP contribution is 2.30. The second-order valence-electron chi connectivity index (χ2n) is 4.99. The average molecular weight is 249 g/mol. The molecule has 1 fully saturated rings. The number of piperidine rings is 1. The summed E-state index contributed by atoms with van der Waals surface area (Å²) >= 11 is 0. The molecule has 0 aliphatic carbocycles. The maximum absolute atomic E-state index is 11.0. The van der Waals surface area contributed by atoms with Gasteiger partial charge in [-0.2, -0.15) is 0 Å². The fourth-order valence-electron chi connectivity index (χ4n) is 2.57. The van der Waals surface area contributed by atoms with Gasteiger partial charge in [0.2, 0.25) is 0 Å². The van der Waals surface area contributed by atoms with Gasteiger partial charge in [-0.25, -0.2) is 4.79 Å². The lowest BCUT2D eigenvalue weighted by Crippen LogP contribution is -2.40. The number of aliphatic hydroxyl groups is 1. The minimum absolute atomic E-state index is 0.00310. The zero-order valence-electron chi connectivity index (χ0n) is 10.5. The largest absolute Gasteiger partial charge is 0.465 e. The van der Waals surface area contributed by atoms with Crippen molar-refractivity contribution < 1.29 is 15.0 Å². The van der Waals surface area contributed by atoms with Crippen molar-refractivity contribution in [3.63, 3.8) is 0 Å². The molecule has 18 heavy (non-hydrogen) atoms. The molecule has 0 saturated carbocycles. The number of nitrogens with zero attached hydrogens (tertiary/aromatic N) is 1. The van der Waals surface area contributed by atoms with Gasteiger partial charge in [0.05, 0.1) is 6.10 Å². The Morgan fingerprint density at radius 3 is 2.94 bits per heavy atom. The second-order valence-corrected chi connectivity index (χ2v) is 4.99. The van der Waals surface area contributed by atoms with E-state index in [-0.39, 0.29) is 5.92 Å². The summed E-state index contributed by atoms with van der Waals surface area (Å²) in [5.74, 6) is -0.00310. The Kier molecular flexibility index (Phi) is 3.87. The molecular formula is C14H19NO3. The van der Waals surface area contributed by atoms with Crippen molar-refractivity contribution in [3.8, 4) is 0 Å². The zero-order chi connectivity index (χ0) is 13.1. The first-order valence-electron chi connectivity index (χ1n) is 6.30. The van der Waals surface area contributed by atoms with Crippen LogP contribution >= 0.6 is 0 Å². The van der Waals surface area contributed by atoms with Crippen LogP contribution in [0.2, 0.25) is 0 Å². The molecule has 1 aliphatic heterocycles. The Labute approximate surface area is 107 Å². The molecule has 2 N–H and O–H groups in total. The lowest BCUT2D eigenvalue weighted by atomic mass is 9.88. The highest BCUT2D eigenvalue weighted by Gasteiger charge is 2.29. The molecule has 1 aromatic rings. The summed E-state index contributed by atoms with van der Waals surface area (Å²) in [7, 11) is 0. The number of aliphatic hydroxyl groups excluding tert-OH is 1. The number of hydrogen-bond donors (Lipinski definition) is 2. The molecule has 4 nitrogen and oxygen atoms in total. The molecule has 0 radical (unpaired) electrons. The zero-order valence-corrected chi connectivity index (χ0v) is 10.5. The smallest absolute Gasteiger partial charge is 0.407 e. The van der Waals surface area contributed by atoms with Gasteiger partial charge in [0.1, 0.15) is 0 Å². The van der Waals surface area contributed by atoms with E-state index >= 15 is 0 Å². The van der Waals surface area contributed by atoms with E-state index in [1.54, 1.807) is 0 Å². The van der Waals surface area contributed by atoms with Crippen molar-refractivity contribution >= 4 is 6.09 Å². The quantitative estimate of drug-likeness (QED) is 0.846. The molecule has 2 rings (SSSR count). The molecular weight excluding hydrogens is 230 g/mol. The summed E-state index contributed by atoms with van der Waals surface area (Å²) in [6, 6.07) is 7.77. The van der Waals surface area contributed by atoms with Gasteiger partial charge in [-0.05, 0) is 25.3 Å². The molecule has 1 amide bonds. The minimum Gasteiger partial charge on any atom is -0.465 e. The van der Waals surface area contributed by atoms with Gasteiger partial charge in [-0.3, -0.25) is 0 Å². The van der Waals surface area contributed by atoms with E-state index in [4.69, 9.17) is 5.11 Å². The van der Waals surface area contributed by atoms with Crippen molar-refractivity contribution in [2.24, 2.45) is 5.92 Å². The third-order valence-electron chi connectivity index (χ3n) is 3.56. The van der Waals surface area contributed by atoms with Crippen LogP contribution in [-0.4, -0.2) is 34.3 Å². The van der Waals surface area contributed by atoms with Gasteiger partial charge >= 0.3 is 6.09 Å². The maximum atomic E-state index is 11.0. The van der Waals surface area contributed by atoms with Crippen molar-refractivity contribution in [3.05, 3.63) is 35.4 Å². The molecule has 0 aromatic heterocycles. The van der Waals surface area contributed by atoms with E-state index in [0.29, 0.717) is 13.1 Å². The monoisotopic (exact) mass is 249 g/mol. The topological polar surface area (TPSA) is 60.8 Å². The van der Waals surface area contributed by atoms with Crippen LogP contribution in [0.15, 0.2) is 24.3 Å². The van der Waals surface area contributed by atoms with Gasteiger partial charge in [-0.1, -0.05) is 29.8 Å². The first-order chi connectivity index (χ1) is 8.58. The maximum Gasteiger partial charge on any atom is 0.407 e. The predicted octanol–water partition coefficient (Wildman–Crippen LogP) is 2.42. The molecule has 98 valence electrons. The van der Waals surface area contributed by atoms with Crippen LogP contribution in [0.25, 0.3) is 0 Å². The molecule has 1 heterocycles. The SMILES string of the molecule is Cc1cccc(C(O)C2CCCN(C(=O)O)C2)c1. The number of carbonyl (C=O) groups is 1. The number of likely N-dealkylation sites (tertiary alicyclic amines) is 1. The molecule has 4 heteroatoms. The van der Waals surface area contributed by atoms with Crippen molar-refractivity contribution in [2.45, 2.75) is 25.9 Å². The molecule has 1 aliphatic rings. The number of benzene rings is 1. The van der Waals surface area contributed by atoms with E-state index in [9.17, 15) is 9.90 Å². The lowest BCUT2D eigenvalue weighted by Gasteiger charge is -2.33. The van der Waals surface area contributed by atoms with Gasteiger partial charge in [-0.15, -0.1) is 0 Å². The van der Waals surface area contributed by atoms with E-state index in [1.165, 1.54) is 4.90 Å². The third-order valence-corrected chi connectivity index (χ3v) is 3.56. The molecule has 1 saturated heterocycles. The summed E-state index contributed by atoms with van der Waals surface area (Å²) in [6.45, 7) is 2.98. The van der Waals surface area contributed by atoms with Crippen LogP contribution in [0.1, 0.15) is 30.1 Å². The first-order valence-corrected chi connectivity index (χ1v) is 6.30. The van der Waals surface area contributed by atoms with Crippen LogP contribution < -0.4 is 0 Å². The molecule has 2 atom stereocenters. The van der Waals surface area contributed by atoms with Gasteiger partial charge in [0, 0.05) is 19.0 Å². The van der Waals surface area contributed by atoms with Crippen molar-refractivity contribution in [1.29, 1.82) is 0 Å². The van der Waals surface area contributed by atoms with Crippen molar-refractivity contribution in [2.75, 3.05) is 13.1 Å². The summed E-state index contributed by atoms with van der Waals surface area (Å²) in [5.41, 5.74) is 1.99. The highest BCUT2D eigenvalue weighted by atomic mass is 16.4. The summed E-state index contributed by atoms with van der Waals surface area (Å²) in [6.07, 6.45) is 0.224. The number of rotatable bonds is 2. The number of carboxylic acid groups (broad SMARTS) is 1. The Hall–Kier alpha value is -1.55. The normalized spacial score (nSPS) is 21.7. The van der Waals surface area contributed by atoms with E-state index in [0.717, 1.165) is 24.0 Å². The lowest BCUT2D eigenvalue weighted by molar-refractivity contribution is 0.0503. The first kappa shape index (κ1) is 12.9. The Bertz CT molecular complexity index is 433. The number of amides is 1. The van der Waals surface area contributed by atoms with Crippen LogP contribution in [0.5, 0.6) is 0 Å². The van der Waals surface area contributed by atoms with E-state index in [2.05, 4.69) is 0 Å². The number of hydrogen-bond acceptors (Lipinski definition) is 2. The molecule has 0 spiro atoms. The second kappa shape index (κ2) is 5.40. The Balaban J connectivity index is 2.09. The van der Waals surface area contributed by atoms with Crippen LogP contribution in [0, 0.1) is 12.8 Å². The van der Waals surface area contributed by atoms with Gasteiger partial charge < -0.3 is 15.1 Å². The summed E-state index contributed by atoms with van der Waals surface area (Å²) < 4.78 is 0. The standard InChI is InChI=1S/C14H19NO3/c1-10-4-2-5-11(8-10)13(16)12-6-3-7-15(9-12)14(17)18/h2,4-5,8,12-13,16H,3,6-7,9H2,1H3,(H,17,18). The van der Waals surface area contributed by atoms with Crippen LogP contribution in [0.4, 0.5) is 4.79 Å². The van der Waals surface area contributed by atoms with E-state index < -0.39 is 12.2 Å². The minimum atomic E-state index is -0.892.